The molecule has 2 N–H and O–H groups in total. The van der Waals surface area contributed by atoms with Crippen molar-refractivity contribution in [2.24, 2.45) is 0 Å². The molecule has 1 aromatic rings. The lowest BCUT2D eigenvalue weighted by molar-refractivity contribution is -0.124. The summed E-state index contributed by atoms with van der Waals surface area (Å²) in [6, 6.07) is 8.31. The molecule has 0 aromatic heterocycles. The Kier molecular flexibility index (Phi) is 5.75. The molecular formula is C17H28N2O. The molecule has 1 rings (SSSR count). The lowest BCUT2D eigenvalue weighted by Crippen LogP contribution is -2.51. The van der Waals surface area contributed by atoms with Crippen LogP contribution in [-0.2, 0) is 4.79 Å². The average molecular weight is 276 g/mol. The summed E-state index contributed by atoms with van der Waals surface area (Å²) in [4.78, 5) is 12.2. The zero-order valence-electron chi connectivity index (χ0n) is 13.6. The maximum atomic E-state index is 12.2. The van der Waals surface area contributed by atoms with Crippen LogP contribution in [0.1, 0.15) is 58.2 Å². The van der Waals surface area contributed by atoms with E-state index in [2.05, 4.69) is 49.6 Å². The monoisotopic (exact) mass is 276 g/mol. The number of rotatable bonds is 6. The van der Waals surface area contributed by atoms with Gasteiger partial charge < -0.3 is 5.32 Å². The lowest BCUT2D eigenvalue weighted by Gasteiger charge is -2.28. The Bertz CT molecular complexity index is 454. The minimum atomic E-state index is -0.212. The molecule has 0 saturated carbocycles. The van der Waals surface area contributed by atoms with E-state index in [1.54, 1.807) is 0 Å². The second-order valence-electron chi connectivity index (χ2n) is 6.25. The molecular weight excluding hydrogens is 248 g/mol. The van der Waals surface area contributed by atoms with Crippen LogP contribution < -0.4 is 10.6 Å². The van der Waals surface area contributed by atoms with Gasteiger partial charge in [-0.1, -0.05) is 36.8 Å². The molecule has 0 bridgehead atoms. The molecule has 0 saturated heterocycles. The van der Waals surface area contributed by atoms with E-state index in [4.69, 9.17) is 0 Å². The highest BCUT2D eigenvalue weighted by Crippen LogP contribution is 2.15. The number of hydrogen-bond acceptors (Lipinski definition) is 2. The molecule has 20 heavy (non-hydrogen) atoms. The van der Waals surface area contributed by atoms with Crippen molar-refractivity contribution in [3.63, 3.8) is 0 Å². The molecule has 0 aliphatic rings. The number of hydrogen-bond donors (Lipinski definition) is 2. The van der Waals surface area contributed by atoms with Crippen molar-refractivity contribution in [2.75, 3.05) is 0 Å². The van der Waals surface area contributed by atoms with Crippen LogP contribution in [0, 0.1) is 6.92 Å². The lowest BCUT2D eigenvalue weighted by atomic mass is 10.0. The van der Waals surface area contributed by atoms with Crippen molar-refractivity contribution in [3.05, 3.63) is 35.4 Å². The van der Waals surface area contributed by atoms with Gasteiger partial charge in [-0.3, -0.25) is 10.1 Å². The molecule has 2 atom stereocenters. The highest BCUT2D eigenvalue weighted by molar-refractivity contribution is 5.82. The molecule has 1 aromatic carbocycles. The molecule has 3 nitrogen and oxygen atoms in total. The largest absolute Gasteiger partial charge is 0.350 e. The summed E-state index contributed by atoms with van der Waals surface area (Å²) in [5, 5.41) is 6.43. The van der Waals surface area contributed by atoms with E-state index >= 15 is 0 Å². The van der Waals surface area contributed by atoms with E-state index < -0.39 is 0 Å². The third kappa shape index (κ3) is 4.97. The smallest absolute Gasteiger partial charge is 0.237 e. The van der Waals surface area contributed by atoms with Crippen LogP contribution in [0.3, 0.4) is 0 Å². The Balaban J connectivity index is 2.61. The number of aryl methyl sites for hydroxylation is 1. The molecule has 3 heteroatoms. The third-order valence-corrected chi connectivity index (χ3v) is 3.78. The summed E-state index contributed by atoms with van der Waals surface area (Å²) in [7, 11) is 0. The number of benzene rings is 1. The van der Waals surface area contributed by atoms with Gasteiger partial charge in [-0.05, 0) is 46.6 Å². The van der Waals surface area contributed by atoms with Crippen LogP contribution in [0.4, 0.5) is 0 Å². The Morgan fingerprint density at radius 1 is 1.30 bits per heavy atom. The van der Waals surface area contributed by atoms with Gasteiger partial charge in [0.2, 0.25) is 5.91 Å². The first-order valence-electron chi connectivity index (χ1n) is 7.40. The summed E-state index contributed by atoms with van der Waals surface area (Å²) < 4.78 is 0. The molecule has 1 amide bonds. The number of nitrogens with one attached hydrogen (secondary N) is 2. The maximum absolute atomic E-state index is 12.2. The molecule has 0 radical (unpaired) electrons. The van der Waals surface area contributed by atoms with Crippen LogP contribution in [0.2, 0.25) is 0 Å². The molecule has 0 aliphatic heterocycles. The Labute approximate surface area is 123 Å². The fourth-order valence-electron chi connectivity index (χ4n) is 2.02. The van der Waals surface area contributed by atoms with E-state index in [9.17, 15) is 4.79 Å². The first-order chi connectivity index (χ1) is 9.25. The average Bonchev–Trinajstić information content (AvgIpc) is 2.38. The van der Waals surface area contributed by atoms with Gasteiger partial charge >= 0.3 is 0 Å². The van der Waals surface area contributed by atoms with Gasteiger partial charge in [-0.15, -0.1) is 0 Å². The zero-order valence-corrected chi connectivity index (χ0v) is 13.6. The van der Waals surface area contributed by atoms with E-state index in [1.165, 1.54) is 11.1 Å². The number of carbonyl (C=O) groups is 1. The highest BCUT2D eigenvalue weighted by atomic mass is 16.2. The van der Waals surface area contributed by atoms with Crippen molar-refractivity contribution < 1.29 is 4.79 Å². The predicted octanol–water partition coefficient (Wildman–Crippen LogP) is 3.34. The first-order valence-corrected chi connectivity index (χ1v) is 7.40. The highest BCUT2D eigenvalue weighted by Gasteiger charge is 2.22. The zero-order chi connectivity index (χ0) is 15.3. The van der Waals surface area contributed by atoms with E-state index in [-0.39, 0.29) is 23.5 Å². The number of carbonyl (C=O) groups excluding carboxylic acids is 1. The fraction of sp³-hybridized carbons (Fsp3) is 0.588. The summed E-state index contributed by atoms with van der Waals surface area (Å²) >= 11 is 0. The van der Waals surface area contributed by atoms with Crippen LogP contribution in [0.15, 0.2) is 24.3 Å². The predicted molar refractivity (Wildman–Crippen MR) is 84.7 cm³/mol. The molecule has 0 heterocycles. The SMILES string of the molecule is CCC(C)(C)NC(=O)C(C)N[C@@H](C)c1cccc(C)c1. The Hall–Kier alpha value is -1.35. The van der Waals surface area contributed by atoms with Gasteiger partial charge in [0.25, 0.3) is 0 Å². The quantitative estimate of drug-likeness (QED) is 0.836. The van der Waals surface area contributed by atoms with Crippen LogP contribution in [0.5, 0.6) is 0 Å². The Morgan fingerprint density at radius 2 is 1.95 bits per heavy atom. The summed E-state index contributed by atoms with van der Waals surface area (Å²) in [5.74, 6) is 0.0522. The van der Waals surface area contributed by atoms with Crippen molar-refractivity contribution in [2.45, 2.75) is 65.6 Å². The van der Waals surface area contributed by atoms with Crippen LogP contribution >= 0.6 is 0 Å². The van der Waals surface area contributed by atoms with Gasteiger partial charge in [-0.2, -0.15) is 0 Å². The second kappa shape index (κ2) is 6.89. The van der Waals surface area contributed by atoms with E-state index in [1.807, 2.05) is 26.8 Å². The van der Waals surface area contributed by atoms with Gasteiger partial charge in [0.15, 0.2) is 0 Å². The molecule has 0 spiro atoms. The minimum Gasteiger partial charge on any atom is -0.350 e. The van der Waals surface area contributed by atoms with Crippen molar-refractivity contribution in [1.82, 2.24) is 10.6 Å². The number of amides is 1. The van der Waals surface area contributed by atoms with Gasteiger partial charge in [0.1, 0.15) is 0 Å². The van der Waals surface area contributed by atoms with Crippen LogP contribution in [-0.4, -0.2) is 17.5 Å². The van der Waals surface area contributed by atoms with Crippen molar-refractivity contribution in [1.29, 1.82) is 0 Å². The van der Waals surface area contributed by atoms with Gasteiger partial charge in [0.05, 0.1) is 6.04 Å². The molecule has 0 fully saturated rings. The van der Waals surface area contributed by atoms with E-state index in [0.29, 0.717) is 0 Å². The van der Waals surface area contributed by atoms with Crippen molar-refractivity contribution in [3.8, 4) is 0 Å². The summed E-state index contributed by atoms with van der Waals surface area (Å²) in [6.07, 6.45) is 0.916. The van der Waals surface area contributed by atoms with Gasteiger partial charge in [0, 0.05) is 11.6 Å². The normalized spacial score (nSPS) is 14.7. The summed E-state index contributed by atoms with van der Waals surface area (Å²) in [6.45, 7) is 12.2. The van der Waals surface area contributed by atoms with Crippen LogP contribution in [0.25, 0.3) is 0 Å². The van der Waals surface area contributed by atoms with E-state index in [0.717, 1.165) is 6.42 Å². The maximum Gasteiger partial charge on any atom is 0.237 e. The second-order valence-corrected chi connectivity index (χ2v) is 6.25. The fourth-order valence-corrected chi connectivity index (χ4v) is 2.02. The Morgan fingerprint density at radius 3 is 2.50 bits per heavy atom. The molecule has 1 unspecified atom stereocenters. The standard InChI is InChI=1S/C17H28N2O/c1-7-17(5,6)19-16(20)14(4)18-13(3)15-10-8-9-12(2)11-15/h8-11,13-14,18H,7H2,1-6H3,(H,19,20)/t13-,14?/m0/s1. The van der Waals surface area contributed by atoms with Gasteiger partial charge in [-0.25, -0.2) is 0 Å². The summed E-state index contributed by atoms with van der Waals surface area (Å²) in [5.41, 5.74) is 2.29. The molecule has 0 aliphatic carbocycles. The minimum absolute atomic E-state index is 0.0522. The van der Waals surface area contributed by atoms with Crippen molar-refractivity contribution >= 4 is 5.91 Å². The topological polar surface area (TPSA) is 41.1 Å². The first kappa shape index (κ1) is 16.7. The third-order valence-electron chi connectivity index (χ3n) is 3.78. The molecule has 112 valence electrons.